The van der Waals surface area contributed by atoms with Gasteiger partial charge < -0.3 is 19.4 Å². The average Bonchev–Trinajstić information content (AvgIpc) is 3.53. The predicted octanol–water partition coefficient (Wildman–Crippen LogP) is 4.00. The normalized spacial score (nSPS) is 15.3. The molecule has 1 atom stereocenters. The van der Waals surface area contributed by atoms with Crippen molar-refractivity contribution in [2.24, 2.45) is 0 Å². The van der Waals surface area contributed by atoms with Gasteiger partial charge in [-0.2, -0.15) is 0 Å². The molecule has 0 spiro atoms. The largest absolute Gasteiger partial charge is 0.379 e. The first kappa shape index (κ1) is 24.4. The van der Waals surface area contributed by atoms with E-state index in [1.54, 1.807) is 11.3 Å². The Morgan fingerprint density at radius 3 is 2.69 bits per heavy atom. The molecule has 1 unspecified atom stereocenters. The number of ether oxygens (including phenoxy) is 1. The van der Waals surface area contributed by atoms with Crippen LogP contribution in [0.5, 0.6) is 0 Å². The molecule has 0 aliphatic carbocycles. The Kier molecular flexibility index (Phi) is 6.79. The van der Waals surface area contributed by atoms with Crippen LogP contribution in [0.3, 0.4) is 0 Å². The molecule has 1 fully saturated rings. The van der Waals surface area contributed by atoms with Crippen LogP contribution in [-0.2, 0) is 11.3 Å². The van der Waals surface area contributed by atoms with Crippen molar-refractivity contribution in [3.8, 4) is 10.4 Å². The Morgan fingerprint density at radius 2 is 2.00 bits per heavy atom. The fourth-order valence-corrected chi connectivity index (χ4v) is 5.73. The molecule has 0 saturated carbocycles. The van der Waals surface area contributed by atoms with Crippen molar-refractivity contribution in [3.63, 3.8) is 0 Å². The third-order valence-corrected chi connectivity index (χ3v) is 7.88. The van der Waals surface area contributed by atoms with Crippen molar-refractivity contribution in [1.29, 1.82) is 0 Å². The van der Waals surface area contributed by atoms with Crippen molar-refractivity contribution in [2.75, 3.05) is 26.3 Å². The molecule has 1 aliphatic rings. The number of nitrogens with zero attached hydrogens (tertiary/aromatic N) is 3. The number of hydrogen-bond acceptors (Lipinski definition) is 6. The zero-order valence-electron chi connectivity index (χ0n) is 21.1. The Labute approximate surface area is 213 Å². The summed E-state index contributed by atoms with van der Waals surface area (Å²) in [5.41, 5.74) is 8.57. The van der Waals surface area contributed by atoms with Crippen LogP contribution in [0.15, 0.2) is 40.9 Å². The molecule has 0 bridgehead atoms. The summed E-state index contributed by atoms with van der Waals surface area (Å²) in [6.45, 7) is 11.2. The molecule has 9 heteroatoms. The summed E-state index contributed by atoms with van der Waals surface area (Å²) < 4.78 is 7.78. The standard InChI is InChI=1S/C27H31N5O3S/c1-16-9-17(2)30-27(34)23(16)12-29-26(33)22-11-21-10-20(24-13-28-15-36-24)14-32(21)25(18(22)3)19(4)31-5-7-35-8-6-31/h9-11,13-15,19H,5-8,12H2,1-4H3,(H,29,33)(H,30,34). The van der Waals surface area contributed by atoms with E-state index < -0.39 is 0 Å². The van der Waals surface area contributed by atoms with Gasteiger partial charge in [0.2, 0.25) is 0 Å². The number of amides is 1. The summed E-state index contributed by atoms with van der Waals surface area (Å²) in [6.07, 6.45) is 4.01. The van der Waals surface area contributed by atoms with Crippen LogP contribution >= 0.6 is 11.3 Å². The van der Waals surface area contributed by atoms with Crippen LogP contribution in [0, 0.1) is 20.8 Å². The number of aromatic amines is 1. The lowest BCUT2D eigenvalue weighted by atomic mass is 10.0. The highest BCUT2D eigenvalue weighted by molar-refractivity contribution is 7.13. The van der Waals surface area contributed by atoms with E-state index in [0.717, 1.165) is 51.6 Å². The van der Waals surface area contributed by atoms with E-state index in [2.05, 4.69) is 43.8 Å². The first-order valence-corrected chi connectivity index (χ1v) is 13.1. The van der Waals surface area contributed by atoms with Crippen molar-refractivity contribution >= 4 is 22.8 Å². The number of morpholine rings is 1. The van der Waals surface area contributed by atoms with Gasteiger partial charge in [0.05, 0.1) is 23.6 Å². The zero-order valence-corrected chi connectivity index (χ0v) is 21.9. The summed E-state index contributed by atoms with van der Waals surface area (Å²) in [5, 5.41) is 2.99. The van der Waals surface area contributed by atoms with Crippen LogP contribution in [-0.4, -0.2) is 51.5 Å². The average molecular weight is 506 g/mol. The van der Waals surface area contributed by atoms with E-state index in [4.69, 9.17) is 4.74 Å². The number of thiazole rings is 1. The number of rotatable bonds is 6. The maximum Gasteiger partial charge on any atom is 0.253 e. The number of aromatic nitrogens is 3. The minimum atomic E-state index is -0.189. The summed E-state index contributed by atoms with van der Waals surface area (Å²) in [4.78, 5) is 36.5. The maximum absolute atomic E-state index is 13.5. The lowest BCUT2D eigenvalue weighted by molar-refractivity contribution is 0.0187. The molecule has 1 amide bonds. The van der Waals surface area contributed by atoms with Gasteiger partial charge in [-0.3, -0.25) is 19.5 Å². The molecule has 2 N–H and O–H groups in total. The van der Waals surface area contributed by atoms with Crippen molar-refractivity contribution in [1.82, 2.24) is 24.6 Å². The summed E-state index contributed by atoms with van der Waals surface area (Å²) in [6, 6.07) is 6.06. The van der Waals surface area contributed by atoms with Crippen LogP contribution in [0.1, 0.15) is 51.4 Å². The van der Waals surface area contributed by atoms with E-state index >= 15 is 0 Å². The lowest BCUT2D eigenvalue weighted by Gasteiger charge is -2.34. The van der Waals surface area contributed by atoms with Crippen LogP contribution in [0.25, 0.3) is 16.0 Å². The van der Waals surface area contributed by atoms with Crippen molar-refractivity contribution in [2.45, 2.75) is 40.3 Å². The van der Waals surface area contributed by atoms with E-state index in [0.29, 0.717) is 24.3 Å². The van der Waals surface area contributed by atoms with Gasteiger partial charge >= 0.3 is 0 Å². The van der Waals surface area contributed by atoms with Crippen LogP contribution in [0.2, 0.25) is 0 Å². The number of hydrogen-bond donors (Lipinski definition) is 2. The third-order valence-electron chi connectivity index (χ3n) is 7.06. The first-order valence-electron chi connectivity index (χ1n) is 12.2. The molecule has 0 aromatic carbocycles. The fourth-order valence-electron chi connectivity index (χ4n) is 5.12. The van der Waals surface area contributed by atoms with Gasteiger partial charge in [-0.05, 0) is 57.0 Å². The topological polar surface area (TPSA) is 91.7 Å². The van der Waals surface area contributed by atoms with Gasteiger partial charge in [0.15, 0.2) is 0 Å². The van der Waals surface area contributed by atoms with Gasteiger partial charge in [-0.25, -0.2) is 0 Å². The molecule has 4 aromatic rings. The molecular weight excluding hydrogens is 474 g/mol. The number of nitrogens with one attached hydrogen (secondary N) is 2. The Morgan fingerprint density at radius 1 is 1.22 bits per heavy atom. The number of fused-ring (bicyclic) bond motifs is 1. The number of aryl methyl sites for hydroxylation is 2. The summed E-state index contributed by atoms with van der Waals surface area (Å²) in [5.74, 6) is -0.189. The molecule has 5 heterocycles. The first-order chi connectivity index (χ1) is 17.3. The van der Waals surface area contributed by atoms with Gasteiger partial charge in [-0.15, -0.1) is 11.3 Å². The molecule has 4 aromatic heterocycles. The van der Waals surface area contributed by atoms with E-state index in [9.17, 15) is 9.59 Å². The molecule has 5 rings (SSSR count). The van der Waals surface area contributed by atoms with Gasteiger partial charge in [-0.1, -0.05) is 0 Å². The fraction of sp³-hybridized carbons (Fsp3) is 0.370. The van der Waals surface area contributed by atoms with Crippen molar-refractivity contribution in [3.05, 3.63) is 80.1 Å². The summed E-state index contributed by atoms with van der Waals surface area (Å²) >= 11 is 1.59. The number of carbonyl (C=O) groups is 1. The highest BCUT2D eigenvalue weighted by Gasteiger charge is 2.26. The lowest BCUT2D eigenvalue weighted by Crippen LogP contribution is -2.39. The predicted molar refractivity (Wildman–Crippen MR) is 142 cm³/mol. The number of carbonyl (C=O) groups excluding carboxylic acids is 1. The zero-order chi connectivity index (χ0) is 25.4. The Bertz CT molecular complexity index is 1470. The molecule has 36 heavy (non-hydrogen) atoms. The smallest absolute Gasteiger partial charge is 0.253 e. The number of pyridine rings is 2. The Balaban J connectivity index is 1.55. The minimum absolute atomic E-state index is 0.0908. The van der Waals surface area contributed by atoms with E-state index in [-0.39, 0.29) is 24.1 Å². The highest BCUT2D eigenvalue weighted by atomic mass is 32.1. The molecule has 1 aliphatic heterocycles. The molecule has 0 radical (unpaired) electrons. The highest BCUT2D eigenvalue weighted by Crippen LogP contribution is 2.33. The molecular formula is C27H31N5O3S. The van der Waals surface area contributed by atoms with Crippen LogP contribution < -0.4 is 10.9 Å². The van der Waals surface area contributed by atoms with Gasteiger partial charge in [0, 0.05) is 71.7 Å². The minimum Gasteiger partial charge on any atom is -0.379 e. The molecule has 1 saturated heterocycles. The van der Waals surface area contributed by atoms with Gasteiger partial charge in [0.25, 0.3) is 11.5 Å². The third kappa shape index (κ3) is 4.61. The quantitative estimate of drug-likeness (QED) is 0.413. The SMILES string of the molecule is Cc1cc(C)c(CNC(=O)c2cc3cc(-c4cncs4)cn3c(C(C)N3CCOCC3)c2C)c(=O)[nH]1. The second-order valence-corrected chi connectivity index (χ2v) is 10.3. The molecule has 8 nitrogen and oxygen atoms in total. The summed E-state index contributed by atoms with van der Waals surface area (Å²) in [7, 11) is 0. The maximum atomic E-state index is 13.5. The van der Waals surface area contributed by atoms with E-state index in [1.165, 1.54) is 0 Å². The molecule has 188 valence electrons. The van der Waals surface area contributed by atoms with Crippen LogP contribution in [0.4, 0.5) is 0 Å². The van der Waals surface area contributed by atoms with Gasteiger partial charge in [0.1, 0.15) is 0 Å². The van der Waals surface area contributed by atoms with E-state index in [1.807, 2.05) is 44.6 Å². The second-order valence-electron chi connectivity index (χ2n) is 9.41. The van der Waals surface area contributed by atoms with Crippen molar-refractivity contribution < 1.29 is 9.53 Å². The second kappa shape index (κ2) is 10.0. The monoisotopic (exact) mass is 505 g/mol. The number of H-pyrrole nitrogens is 1. The Hall–Kier alpha value is -3.27.